The van der Waals surface area contributed by atoms with Crippen molar-refractivity contribution in [3.05, 3.63) is 78.1 Å². The maximum Gasteiger partial charge on any atom is 0.341 e. The zero-order valence-electron chi connectivity index (χ0n) is 15.2. The molecule has 1 N–H and O–H groups in total. The van der Waals surface area contributed by atoms with Crippen LogP contribution in [0.2, 0.25) is 0 Å². The van der Waals surface area contributed by atoms with Crippen molar-refractivity contribution < 1.29 is 28.5 Å². The highest BCUT2D eigenvalue weighted by atomic mass is 19.1. The van der Waals surface area contributed by atoms with Crippen LogP contribution in [0.4, 0.5) is 4.39 Å². The van der Waals surface area contributed by atoms with Crippen molar-refractivity contribution in [1.82, 2.24) is 0 Å². The molecule has 0 heterocycles. The second kappa shape index (κ2) is 8.90. The Hall–Kier alpha value is -3.54. The minimum Gasteiger partial charge on any atom is -0.497 e. The first-order valence-corrected chi connectivity index (χ1v) is 8.55. The summed E-state index contributed by atoms with van der Waals surface area (Å²) < 4.78 is 29.8. The Labute approximate surface area is 161 Å². The van der Waals surface area contributed by atoms with E-state index in [-0.39, 0.29) is 12.4 Å². The number of carbonyl (C=O) groups is 1. The standard InChI is InChI=1S/C22H19FO5/c1-26-18-8-6-16(7-9-18)17-3-2-4-19(12-17)27-13-15-5-10-21(20(23)11-15)28-14-22(24)25/h2-12H,13-14H2,1H3,(H,24,25). The molecule has 6 heteroatoms. The van der Waals surface area contributed by atoms with Gasteiger partial charge in [-0.1, -0.05) is 30.3 Å². The van der Waals surface area contributed by atoms with Gasteiger partial charge in [0.2, 0.25) is 0 Å². The highest BCUT2D eigenvalue weighted by molar-refractivity contribution is 5.68. The van der Waals surface area contributed by atoms with Crippen molar-refractivity contribution in [2.45, 2.75) is 6.61 Å². The van der Waals surface area contributed by atoms with E-state index in [9.17, 15) is 9.18 Å². The number of rotatable bonds is 8. The first-order chi connectivity index (χ1) is 13.5. The van der Waals surface area contributed by atoms with Crippen LogP contribution in [0.25, 0.3) is 11.1 Å². The largest absolute Gasteiger partial charge is 0.497 e. The summed E-state index contributed by atoms with van der Waals surface area (Å²) in [4.78, 5) is 10.5. The Morgan fingerprint density at radius 2 is 1.71 bits per heavy atom. The van der Waals surface area contributed by atoms with Crippen LogP contribution in [0, 0.1) is 5.82 Å². The van der Waals surface area contributed by atoms with Crippen LogP contribution < -0.4 is 14.2 Å². The molecule has 0 aromatic heterocycles. The first kappa shape index (κ1) is 19.2. The lowest BCUT2D eigenvalue weighted by molar-refractivity contribution is -0.139. The molecule has 5 nitrogen and oxygen atoms in total. The fourth-order valence-electron chi connectivity index (χ4n) is 2.61. The lowest BCUT2D eigenvalue weighted by Crippen LogP contribution is -2.10. The Balaban J connectivity index is 1.66. The third-order valence-electron chi connectivity index (χ3n) is 4.01. The molecule has 0 fully saturated rings. The molecule has 0 spiro atoms. The first-order valence-electron chi connectivity index (χ1n) is 8.55. The molecule has 0 aliphatic rings. The molecule has 3 aromatic rings. The van der Waals surface area contributed by atoms with Crippen LogP contribution in [0.15, 0.2) is 66.7 Å². The molecule has 0 aliphatic carbocycles. The summed E-state index contributed by atoms with van der Waals surface area (Å²) in [6.07, 6.45) is 0. The van der Waals surface area contributed by atoms with E-state index in [2.05, 4.69) is 0 Å². The topological polar surface area (TPSA) is 65.0 Å². The summed E-state index contributed by atoms with van der Waals surface area (Å²) in [5.41, 5.74) is 2.62. The molecule has 0 saturated carbocycles. The Morgan fingerprint density at radius 3 is 2.39 bits per heavy atom. The normalized spacial score (nSPS) is 10.4. The lowest BCUT2D eigenvalue weighted by atomic mass is 10.1. The van der Waals surface area contributed by atoms with Crippen molar-refractivity contribution in [3.8, 4) is 28.4 Å². The van der Waals surface area contributed by atoms with Gasteiger partial charge in [-0.05, 0) is 53.1 Å². The van der Waals surface area contributed by atoms with E-state index >= 15 is 0 Å². The number of carboxylic acids is 1. The summed E-state index contributed by atoms with van der Waals surface area (Å²) in [7, 11) is 1.62. The number of methoxy groups -OCH3 is 1. The van der Waals surface area contributed by atoms with Crippen molar-refractivity contribution >= 4 is 5.97 Å². The predicted molar refractivity (Wildman–Crippen MR) is 102 cm³/mol. The van der Waals surface area contributed by atoms with Gasteiger partial charge in [0.05, 0.1) is 7.11 Å². The minimum absolute atomic E-state index is 0.104. The molecule has 0 atom stereocenters. The second-order valence-corrected chi connectivity index (χ2v) is 5.99. The van der Waals surface area contributed by atoms with E-state index in [0.29, 0.717) is 11.3 Å². The maximum absolute atomic E-state index is 14.0. The van der Waals surface area contributed by atoms with Crippen LogP contribution in [0.5, 0.6) is 17.2 Å². The van der Waals surface area contributed by atoms with Crippen molar-refractivity contribution in [2.24, 2.45) is 0 Å². The Kier molecular flexibility index (Phi) is 6.11. The fraction of sp³-hybridized carbons (Fsp3) is 0.136. The van der Waals surface area contributed by atoms with Gasteiger partial charge >= 0.3 is 5.97 Å². The summed E-state index contributed by atoms with van der Waals surface area (Å²) in [5.74, 6) is -0.459. The van der Waals surface area contributed by atoms with Gasteiger partial charge in [0.25, 0.3) is 0 Å². The van der Waals surface area contributed by atoms with Crippen molar-refractivity contribution in [2.75, 3.05) is 13.7 Å². The van der Waals surface area contributed by atoms with Gasteiger partial charge in [-0.3, -0.25) is 0 Å². The average Bonchev–Trinajstić information content (AvgIpc) is 2.71. The number of hydrogen-bond donors (Lipinski definition) is 1. The van der Waals surface area contributed by atoms with Gasteiger partial charge < -0.3 is 19.3 Å². The van der Waals surface area contributed by atoms with E-state index in [0.717, 1.165) is 16.9 Å². The molecular weight excluding hydrogens is 363 g/mol. The van der Waals surface area contributed by atoms with Crippen molar-refractivity contribution in [3.63, 3.8) is 0 Å². The van der Waals surface area contributed by atoms with Gasteiger partial charge in [-0.25, -0.2) is 9.18 Å². The highest BCUT2D eigenvalue weighted by Gasteiger charge is 2.08. The lowest BCUT2D eigenvalue weighted by Gasteiger charge is -2.10. The summed E-state index contributed by atoms with van der Waals surface area (Å²) >= 11 is 0. The minimum atomic E-state index is -1.16. The molecular formula is C22H19FO5. The molecule has 3 aromatic carbocycles. The van der Waals surface area contributed by atoms with Gasteiger partial charge in [0.1, 0.15) is 18.1 Å². The molecule has 0 aliphatic heterocycles. The van der Waals surface area contributed by atoms with E-state index in [4.69, 9.17) is 19.3 Å². The number of hydrogen-bond acceptors (Lipinski definition) is 4. The fourth-order valence-corrected chi connectivity index (χ4v) is 2.61. The van der Waals surface area contributed by atoms with Crippen LogP contribution in [-0.4, -0.2) is 24.8 Å². The molecule has 0 amide bonds. The average molecular weight is 382 g/mol. The van der Waals surface area contributed by atoms with Crippen LogP contribution in [0.3, 0.4) is 0 Å². The van der Waals surface area contributed by atoms with E-state index < -0.39 is 18.4 Å². The second-order valence-electron chi connectivity index (χ2n) is 5.99. The zero-order chi connectivity index (χ0) is 19.9. The molecule has 3 rings (SSSR count). The quantitative estimate of drug-likeness (QED) is 0.619. The smallest absolute Gasteiger partial charge is 0.341 e. The molecule has 0 saturated heterocycles. The third kappa shape index (κ3) is 5.01. The van der Waals surface area contributed by atoms with Gasteiger partial charge in [-0.15, -0.1) is 0 Å². The number of ether oxygens (including phenoxy) is 3. The SMILES string of the molecule is COc1ccc(-c2cccc(OCc3ccc(OCC(=O)O)c(F)c3)c2)cc1. The number of carboxylic acid groups (broad SMARTS) is 1. The number of halogens is 1. The Bertz CT molecular complexity index is 953. The number of aliphatic carboxylic acids is 1. The summed E-state index contributed by atoms with van der Waals surface area (Å²) in [6.45, 7) is -0.423. The van der Waals surface area contributed by atoms with Crippen LogP contribution in [0.1, 0.15) is 5.56 Å². The van der Waals surface area contributed by atoms with E-state index in [1.165, 1.54) is 12.1 Å². The molecule has 0 bridgehead atoms. The van der Waals surface area contributed by atoms with E-state index in [1.807, 2.05) is 48.5 Å². The third-order valence-corrected chi connectivity index (χ3v) is 4.01. The zero-order valence-corrected chi connectivity index (χ0v) is 15.2. The van der Waals surface area contributed by atoms with Gasteiger partial charge in [0, 0.05) is 0 Å². The van der Waals surface area contributed by atoms with E-state index in [1.54, 1.807) is 13.2 Å². The van der Waals surface area contributed by atoms with Crippen LogP contribution in [-0.2, 0) is 11.4 Å². The highest BCUT2D eigenvalue weighted by Crippen LogP contribution is 2.26. The van der Waals surface area contributed by atoms with Crippen molar-refractivity contribution in [1.29, 1.82) is 0 Å². The molecule has 0 radical (unpaired) electrons. The monoisotopic (exact) mass is 382 g/mol. The summed E-state index contributed by atoms with van der Waals surface area (Å²) in [6, 6.07) is 19.6. The molecule has 28 heavy (non-hydrogen) atoms. The van der Waals surface area contributed by atoms with Gasteiger partial charge in [0.15, 0.2) is 18.2 Å². The van der Waals surface area contributed by atoms with Gasteiger partial charge in [-0.2, -0.15) is 0 Å². The Morgan fingerprint density at radius 1 is 0.929 bits per heavy atom. The molecule has 0 unspecified atom stereocenters. The maximum atomic E-state index is 14.0. The molecule has 144 valence electrons. The number of benzene rings is 3. The summed E-state index contributed by atoms with van der Waals surface area (Å²) in [5, 5.41) is 8.59. The predicted octanol–water partition coefficient (Wildman–Crippen LogP) is 4.54. The van der Waals surface area contributed by atoms with Crippen LogP contribution >= 0.6 is 0 Å².